The van der Waals surface area contributed by atoms with Crippen molar-refractivity contribution >= 4 is 46.6 Å². The Bertz CT molecular complexity index is 2160. The topological polar surface area (TPSA) is 107 Å². The SMILES string of the molecule is Cc1ccc(NN2C(=O)C3CC4C(=CCC5C(=O)N(c6ccc(C)c(Cl)c6)C(=O)C54)C(c4cc(C)c(O)c(C)c4)C3(c3ccccc3)C2=O)cc1. The van der Waals surface area contributed by atoms with Gasteiger partial charge in [-0.05, 0) is 98.5 Å². The number of phenolic OH excluding ortho intramolecular Hbond substituents is 1. The van der Waals surface area contributed by atoms with Gasteiger partial charge in [0.2, 0.25) is 11.8 Å². The number of rotatable bonds is 5. The average Bonchev–Trinajstić information content (AvgIpc) is 3.50. The zero-order valence-corrected chi connectivity index (χ0v) is 29.6. The number of nitrogens with zero attached hydrogens (tertiary/aromatic N) is 2. The lowest BCUT2D eigenvalue weighted by Crippen LogP contribution is -2.53. The number of carbonyl (C=O) groups excluding carboxylic acids is 4. The molecular weight excluding hydrogens is 662 g/mol. The van der Waals surface area contributed by atoms with E-state index in [2.05, 4.69) is 5.43 Å². The number of aromatic hydroxyl groups is 1. The fourth-order valence-electron chi connectivity index (χ4n) is 9.25. The number of imide groups is 2. The van der Waals surface area contributed by atoms with Gasteiger partial charge in [-0.1, -0.05) is 89.5 Å². The van der Waals surface area contributed by atoms with Crippen molar-refractivity contribution in [1.82, 2.24) is 5.01 Å². The average molecular weight is 700 g/mol. The van der Waals surface area contributed by atoms with E-state index in [1.54, 1.807) is 18.2 Å². The van der Waals surface area contributed by atoms with Gasteiger partial charge in [0.1, 0.15) is 5.75 Å². The highest BCUT2D eigenvalue weighted by Crippen LogP contribution is 2.64. The van der Waals surface area contributed by atoms with Crippen LogP contribution >= 0.6 is 11.6 Å². The second-order valence-electron chi connectivity index (χ2n) is 14.5. The molecule has 0 radical (unpaired) electrons. The minimum Gasteiger partial charge on any atom is -0.507 e. The van der Waals surface area contributed by atoms with Crippen molar-refractivity contribution in [3.8, 4) is 5.75 Å². The summed E-state index contributed by atoms with van der Waals surface area (Å²) < 4.78 is 0. The number of aryl methyl sites for hydroxylation is 4. The van der Waals surface area contributed by atoms with E-state index in [4.69, 9.17) is 11.6 Å². The van der Waals surface area contributed by atoms with E-state index in [1.165, 1.54) is 4.90 Å². The second-order valence-corrected chi connectivity index (χ2v) is 14.9. The summed E-state index contributed by atoms with van der Waals surface area (Å²) in [5.41, 5.74) is 8.26. The molecule has 51 heavy (non-hydrogen) atoms. The van der Waals surface area contributed by atoms with Crippen molar-refractivity contribution in [1.29, 1.82) is 0 Å². The lowest BCUT2D eigenvalue weighted by Gasteiger charge is -2.50. The van der Waals surface area contributed by atoms with Crippen molar-refractivity contribution in [3.05, 3.63) is 135 Å². The molecule has 0 aromatic heterocycles. The Morgan fingerprint density at radius 1 is 0.784 bits per heavy atom. The zero-order valence-electron chi connectivity index (χ0n) is 28.8. The fraction of sp³-hybridized carbons (Fsp3) is 0.286. The Labute approximate surface area is 301 Å². The number of anilines is 2. The van der Waals surface area contributed by atoms with Crippen LogP contribution in [-0.2, 0) is 24.6 Å². The summed E-state index contributed by atoms with van der Waals surface area (Å²) in [5.74, 6) is -4.60. The van der Waals surface area contributed by atoms with Crippen LogP contribution in [0.5, 0.6) is 5.75 Å². The maximum atomic E-state index is 15.3. The molecule has 3 fully saturated rings. The summed E-state index contributed by atoms with van der Waals surface area (Å²) in [6, 6.07) is 25.9. The lowest BCUT2D eigenvalue weighted by atomic mass is 9.49. The Kier molecular flexibility index (Phi) is 7.72. The lowest BCUT2D eigenvalue weighted by molar-refractivity contribution is -0.138. The minimum absolute atomic E-state index is 0.162. The maximum Gasteiger partial charge on any atom is 0.260 e. The minimum atomic E-state index is -1.38. The molecule has 258 valence electrons. The third kappa shape index (κ3) is 4.79. The molecule has 4 aromatic carbocycles. The maximum absolute atomic E-state index is 15.3. The van der Waals surface area contributed by atoms with Crippen LogP contribution in [0.25, 0.3) is 0 Å². The fourth-order valence-corrected chi connectivity index (χ4v) is 9.43. The van der Waals surface area contributed by atoms with Crippen LogP contribution in [0.3, 0.4) is 0 Å². The van der Waals surface area contributed by atoms with E-state index in [0.717, 1.165) is 27.3 Å². The molecule has 8 nitrogen and oxygen atoms in total. The highest BCUT2D eigenvalue weighted by atomic mass is 35.5. The van der Waals surface area contributed by atoms with Crippen molar-refractivity contribution < 1.29 is 24.3 Å². The molecule has 1 saturated carbocycles. The predicted molar refractivity (Wildman–Crippen MR) is 195 cm³/mol. The summed E-state index contributed by atoms with van der Waals surface area (Å²) in [7, 11) is 0. The normalized spacial score (nSPS) is 26.9. The van der Waals surface area contributed by atoms with E-state index in [0.29, 0.717) is 39.5 Å². The molecule has 4 aliphatic rings. The van der Waals surface area contributed by atoms with Crippen LogP contribution in [0.4, 0.5) is 11.4 Å². The molecule has 9 heteroatoms. The largest absolute Gasteiger partial charge is 0.507 e. The first kappa shape index (κ1) is 33.0. The van der Waals surface area contributed by atoms with E-state index >= 15 is 4.79 Å². The first-order chi connectivity index (χ1) is 24.4. The van der Waals surface area contributed by atoms with Gasteiger partial charge in [0.05, 0.1) is 34.5 Å². The molecule has 0 bridgehead atoms. The predicted octanol–water partition coefficient (Wildman–Crippen LogP) is 7.47. The van der Waals surface area contributed by atoms with Crippen LogP contribution in [-0.4, -0.2) is 33.7 Å². The molecule has 4 amide bonds. The molecule has 6 unspecified atom stereocenters. The summed E-state index contributed by atoms with van der Waals surface area (Å²) >= 11 is 6.46. The number of hydrogen-bond donors (Lipinski definition) is 2. The van der Waals surface area contributed by atoms with Gasteiger partial charge in [0, 0.05) is 10.9 Å². The van der Waals surface area contributed by atoms with Crippen LogP contribution in [0.15, 0.2) is 96.6 Å². The molecule has 2 aliphatic heterocycles. The Morgan fingerprint density at radius 2 is 1.47 bits per heavy atom. The number of benzene rings is 4. The Hall–Kier alpha value is -5.21. The summed E-state index contributed by atoms with van der Waals surface area (Å²) in [4.78, 5) is 60.0. The quantitative estimate of drug-likeness (QED) is 0.165. The molecule has 4 aromatic rings. The van der Waals surface area contributed by atoms with E-state index in [-0.39, 0.29) is 35.8 Å². The summed E-state index contributed by atoms with van der Waals surface area (Å²) in [5, 5.41) is 12.5. The molecule has 2 N–H and O–H groups in total. The van der Waals surface area contributed by atoms with Gasteiger partial charge in [0.15, 0.2) is 0 Å². The third-order valence-corrected chi connectivity index (χ3v) is 12.1. The highest BCUT2D eigenvalue weighted by Gasteiger charge is 2.70. The number of allylic oxidation sites excluding steroid dienone is 2. The van der Waals surface area contributed by atoms with Gasteiger partial charge in [-0.15, -0.1) is 0 Å². The third-order valence-electron chi connectivity index (χ3n) is 11.7. The zero-order chi connectivity index (χ0) is 35.9. The van der Waals surface area contributed by atoms with Crippen LogP contribution in [0, 0.1) is 51.4 Å². The molecular formula is C42H38ClN3O5. The van der Waals surface area contributed by atoms with Crippen molar-refractivity contribution in [2.75, 3.05) is 10.3 Å². The smallest absolute Gasteiger partial charge is 0.260 e. The number of nitrogens with one attached hydrogen (secondary N) is 1. The first-order valence-electron chi connectivity index (χ1n) is 17.3. The summed E-state index contributed by atoms with van der Waals surface area (Å²) in [6.45, 7) is 7.47. The Balaban J connectivity index is 1.33. The molecule has 0 spiro atoms. The van der Waals surface area contributed by atoms with Gasteiger partial charge in [-0.2, -0.15) is 5.01 Å². The van der Waals surface area contributed by atoms with Gasteiger partial charge >= 0.3 is 0 Å². The standard InChI is InChI=1S/C42H38ClN3O5/c1-22-10-13-28(14-11-22)44-46-39(49)33-21-32-30(16-17-31-35(32)40(50)45(38(31)48)29-15-12-23(2)34(43)20-29)36(26-18-24(3)37(47)25(4)19-26)42(33,41(46)51)27-8-6-5-7-9-27/h5-16,18-20,31-33,35-36,44,47H,17,21H2,1-4H3. The molecule has 6 atom stereocenters. The number of amides is 4. The summed E-state index contributed by atoms with van der Waals surface area (Å²) in [6.07, 6.45) is 2.55. The van der Waals surface area contributed by atoms with Crippen LogP contribution in [0.1, 0.15) is 52.1 Å². The molecule has 2 heterocycles. The first-order valence-corrected chi connectivity index (χ1v) is 17.7. The number of hydrazine groups is 1. The van der Waals surface area contributed by atoms with Crippen molar-refractivity contribution in [3.63, 3.8) is 0 Å². The van der Waals surface area contributed by atoms with E-state index in [9.17, 15) is 19.5 Å². The van der Waals surface area contributed by atoms with Crippen LogP contribution in [0.2, 0.25) is 5.02 Å². The van der Waals surface area contributed by atoms with Crippen LogP contribution < -0.4 is 10.3 Å². The Morgan fingerprint density at radius 3 is 2.14 bits per heavy atom. The van der Waals surface area contributed by atoms with E-state index in [1.807, 2.05) is 101 Å². The van der Waals surface area contributed by atoms with Gasteiger partial charge in [-0.25, -0.2) is 4.90 Å². The molecule has 2 aliphatic carbocycles. The van der Waals surface area contributed by atoms with E-state index < -0.39 is 35.0 Å². The highest BCUT2D eigenvalue weighted by molar-refractivity contribution is 6.32. The van der Waals surface area contributed by atoms with Crippen molar-refractivity contribution in [2.45, 2.75) is 51.9 Å². The number of phenols is 1. The number of carbonyl (C=O) groups is 4. The number of fused-ring (bicyclic) bond motifs is 4. The van der Waals surface area contributed by atoms with Gasteiger partial charge in [0.25, 0.3) is 11.8 Å². The molecule has 8 rings (SSSR count). The van der Waals surface area contributed by atoms with Crippen molar-refractivity contribution in [2.24, 2.45) is 23.7 Å². The second kappa shape index (κ2) is 11.9. The monoisotopic (exact) mass is 699 g/mol. The number of hydrogen-bond acceptors (Lipinski definition) is 6. The molecule has 2 saturated heterocycles. The van der Waals surface area contributed by atoms with Gasteiger partial charge < -0.3 is 5.11 Å². The van der Waals surface area contributed by atoms with Gasteiger partial charge in [-0.3, -0.25) is 24.6 Å². The number of halogens is 1.